The summed E-state index contributed by atoms with van der Waals surface area (Å²) in [4.78, 5) is 36.1. The monoisotopic (exact) mass is 353 g/mol. The van der Waals surface area contributed by atoms with Crippen LogP contribution < -0.4 is 5.32 Å². The second kappa shape index (κ2) is 8.94. The third kappa shape index (κ3) is 5.28. The molecule has 1 atom stereocenters. The first-order chi connectivity index (χ1) is 12.4. The number of ketones is 1. The van der Waals surface area contributed by atoms with Crippen LogP contribution in [0, 0.1) is 13.8 Å². The van der Waals surface area contributed by atoms with Crippen molar-refractivity contribution in [3.8, 4) is 0 Å². The zero-order chi connectivity index (χ0) is 19.1. The molecule has 1 N–H and O–H groups in total. The zero-order valence-corrected chi connectivity index (χ0v) is 15.2. The Hall–Kier alpha value is -2.95. The maximum absolute atomic E-state index is 12.2. The number of carbonyl (C=O) groups is 3. The summed E-state index contributed by atoms with van der Waals surface area (Å²) in [6, 6.07) is 14.1. The van der Waals surface area contributed by atoms with Gasteiger partial charge in [-0.2, -0.15) is 0 Å². The first-order valence-electron chi connectivity index (χ1n) is 8.45. The highest BCUT2D eigenvalue weighted by atomic mass is 16.5. The quantitative estimate of drug-likeness (QED) is 0.777. The van der Waals surface area contributed by atoms with Crippen molar-refractivity contribution in [2.75, 3.05) is 6.61 Å². The van der Waals surface area contributed by atoms with E-state index in [1.54, 1.807) is 12.1 Å². The van der Waals surface area contributed by atoms with Gasteiger partial charge in [0, 0.05) is 0 Å². The Balaban J connectivity index is 1.93. The highest BCUT2D eigenvalue weighted by Gasteiger charge is 2.19. The lowest BCUT2D eigenvalue weighted by molar-refractivity contribution is -0.128. The summed E-state index contributed by atoms with van der Waals surface area (Å²) in [7, 11) is 0. The first kappa shape index (κ1) is 19.4. The van der Waals surface area contributed by atoms with Crippen LogP contribution in [0.3, 0.4) is 0 Å². The van der Waals surface area contributed by atoms with Gasteiger partial charge >= 0.3 is 5.97 Å². The van der Waals surface area contributed by atoms with Crippen LogP contribution >= 0.6 is 0 Å². The normalized spacial score (nSPS) is 11.5. The number of rotatable bonds is 7. The summed E-state index contributed by atoms with van der Waals surface area (Å²) in [6.45, 7) is 4.73. The molecule has 0 heterocycles. The molecular formula is C21H23NO4. The fourth-order valence-corrected chi connectivity index (χ4v) is 2.56. The van der Waals surface area contributed by atoms with Gasteiger partial charge in [0.15, 0.2) is 12.4 Å². The molecule has 0 aliphatic rings. The van der Waals surface area contributed by atoms with Crippen LogP contribution in [-0.4, -0.2) is 30.3 Å². The Morgan fingerprint density at radius 2 is 1.69 bits per heavy atom. The van der Waals surface area contributed by atoms with Crippen LogP contribution in [0.15, 0.2) is 48.5 Å². The van der Waals surface area contributed by atoms with Gasteiger partial charge in [-0.3, -0.25) is 9.59 Å². The van der Waals surface area contributed by atoms with Gasteiger partial charge in [0.05, 0.1) is 11.6 Å². The molecule has 1 amide bonds. The molecule has 0 unspecified atom stereocenters. The summed E-state index contributed by atoms with van der Waals surface area (Å²) in [5.74, 6) is -1.20. The highest BCUT2D eigenvalue weighted by molar-refractivity contribution is 5.93. The molecular weight excluding hydrogens is 330 g/mol. The molecule has 0 radical (unpaired) electrons. The van der Waals surface area contributed by atoms with E-state index in [2.05, 4.69) is 5.32 Å². The number of benzene rings is 2. The molecule has 2 rings (SSSR count). The molecule has 136 valence electrons. The molecule has 5 nitrogen and oxygen atoms in total. The molecule has 0 aliphatic heterocycles. The van der Waals surface area contributed by atoms with Gasteiger partial charge in [0.25, 0.3) is 5.91 Å². The number of aryl methyl sites for hydroxylation is 1. The largest absolute Gasteiger partial charge is 0.452 e. The van der Waals surface area contributed by atoms with Gasteiger partial charge in [-0.25, -0.2) is 4.79 Å². The van der Waals surface area contributed by atoms with E-state index in [0.29, 0.717) is 12.0 Å². The zero-order valence-electron chi connectivity index (χ0n) is 15.2. The van der Waals surface area contributed by atoms with Gasteiger partial charge < -0.3 is 10.1 Å². The van der Waals surface area contributed by atoms with Gasteiger partial charge in [-0.15, -0.1) is 0 Å². The molecule has 0 aromatic heterocycles. The number of hydrogen-bond donors (Lipinski definition) is 1. The van der Waals surface area contributed by atoms with Crippen LogP contribution in [0.1, 0.15) is 34.0 Å². The van der Waals surface area contributed by atoms with E-state index in [-0.39, 0.29) is 5.78 Å². The second-order valence-corrected chi connectivity index (χ2v) is 6.24. The van der Waals surface area contributed by atoms with E-state index in [0.717, 1.165) is 16.7 Å². The van der Waals surface area contributed by atoms with Gasteiger partial charge in [-0.05, 0) is 49.9 Å². The Labute approximate surface area is 153 Å². The van der Waals surface area contributed by atoms with Crippen LogP contribution in [0.5, 0.6) is 0 Å². The number of Topliss-reactive ketones (excluding diaryl/α,β-unsaturated/α-hetero) is 1. The molecule has 2 aromatic rings. The molecule has 5 heteroatoms. The summed E-state index contributed by atoms with van der Waals surface area (Å²) in [6.07, 6.45) is 0.396. The van der Waals surface area contributed by atoms with E-state index >= 15 is 0 Å². The highest BCUT2D eigenvalue weighted by Crippen LogP contribution is 2.13. The van der Waals surface area contributed by atoms with E-state index in [1.165, 1.54) is 6.92 Å². The van der Waals surface area contributed by atoms with E-state index in [1.807, 2.05) is 50.2 Å². The SMILES string of the molecule is CC(=O)[C@H](Cc1ccccc1)NC(=O)COC(=O)c1cccc(C)c1C. The minimum Gasteiger partial charge on any atom is -0.452 e. The second-order valence-electron chi connectivity index (χ2n) is 6.24. The summed E-state index contributed by atoms with van der Waals surface area (Å²) >= 11 is 0. The maximum atomic E-state index is 12.2. The molecule has 26 heavy (non-hydrogen) atoms. The molecule has 0 saturated carbocycles. The standard InChI is InChI=1S/C21H23NO4/c1-14-8-7-11-18(15(14)2)21(25)26-13-20(24)22-19(16(3)23)12-17-9-5-4-6-10-17/h4-11,19H,12-13H2,1-3H3,(H,22,24)/t19-/m0/s1. The Bertz CT molecular complexity index is 799. The predicted molar refractivity (Wildman–Crippen MR) is 99.0 cm³/mol. The van der Waals surface area contributed by atoms with Crippen molar-refractivity contribution in [3.05, 3.63) is 70.8 Å². The van der Waals surface area contributed by atoms with Crippen molar-refractivity contribution >= 4 is 17.7 Å². The molecule has 0 fully saturated rings. The molecule has 0 aliphatic carbocycles. The van der Waals surface area contributed by atoms with Gasteiger partial charge in [0.1, 0.15) is 0 Å². The number of amides is 1. The van der Waals surface area contributed by atoms with Crippen molar-refractivity contribution in [3.63, 3.8) is 0 Å². The smallest absolute Gasteiger partial charge is 0.338 e. The average molecular weight is 353 g/mol. The summed E-state index contributed by atoms with van der Waals surface area (Å²) in [5, 5.41) is 2.63. The summed E-state index contributed by atoms with van der Waals surface area (Å²) in [5.41, 5.74) is 3.18. The van der Waals surface area contributed by atoms with Crippen LogP contribution in [0.2, 0.25) is 0 Å². The maximum Gasteiger partial charge on any atom is 0.338 e. The number of nitrogens with one attached hydrogen (secondary N) is 1. The van der Waals surface area contributed by atoms with Crippen molar-refractivity contribution in [2.24, 2.45) is 0 Å². The average Bonchev–Trinajstić information content (AvgIpc) is 2.62. The minimum atomic E-state index is -0.649. The Kier molecular flexibility index (Phi) is 6.67. The number of carbonyl (C=O) groups excluding carboxylic acids is 3. The van der Waals surface area contributed by atoms with Crippen LogP contribution in [0.4, 0.5) is 0 Å². The lowest BCUT2D eigenvalue weighted by Crippen LogP contribution is -2.43. The third-order valence-corrected chi connectivity index (χ3v) is 4.27. The van der Waals surface area contributed by atoms with Crippen molar-refractivity contribution in [1.82, 2.24) is 5.32 Å². The lowest BCUT2D eigenvalue weighted by atomic mass is 10.0. The first-order valence-corrected chi connectivity index (χ1v) is 8.45. The number of esters is 1. The van der Waals surface area contributed by atoms with Crippen molar-refractivity contribution in [1.29, 1.82) is 0 Å². The lowest BCUT2D eigenvalue weighted by Gasteiger charge is -2.16. The fraction of sp³-hybridized carbons (Fsp3) is 0.286. The summed E-state index contributed by atoms with van der Waals surface area (Å²) < 4.78 is 5.09. The predicted octanol–water partition coefficient (Wildman–Crippen LogP) is 2.78. The molecule has 0 saturated heterocycles. The van der Waals surface area contributed by atoms with E-state index in [9.17, 15) is 14.4 Å². The van der Waals surface area contributed by atoms with Gasteiger partial charge in [0.2, 0.25) is 0 Å². The van der Waals surface area contributed by atoms with E-state index < -0.39 is 24.5 Å². The Morgan fingerprint density at radius 1 is 1.00 bits per heavy atom. The Morgan fingerprint density at radius 3 is 2.35 bits per heavy atom. The van der Waals surface area contributed by atoms with Crippen LogP contribution in [0.25, 0.3) is 0 Å². The minimum absolute atomic E-state index is 0.150. The molecule has 0 bridgehead atoms. The van der Waals surface area contributed by atoms with Crippen molar-refractivity contribution < 1.29 is 19.1 Å². The van der Waals surface area contributed by atoms with Gasteiger partial charge in [-0.1, -0.05) is 42.5 Å². The van der Waals surface area contributed by atoms with Crippen LogP contribution in [-0.2, 0) is 20.7 Å². The van der Waals surface area contributed by atoms with Crippen molar-refractivity contribution in [2.45, 2.75) is 33.2 Å². The number of hydrogen-bond acceptors (Lipinski definition) is 4. The topological polar surface area (TPSA) is 72.5 Å². The third-order valence-electron chi connectivity index (χ3n) is 4.27. The molecule has 2 aromatic carbocycles. The number of ether oxygens (including phenoxy) is 1. The fourth-order valence-electron chi connectivity index (χ4n) is 2.56. The van der Waals surface area contributed by atoms with E-state index in [4.69, 9.17) is 4.74 Å². The molecule has 0 spiro atoms.